The van der Waals surface area contributed by atoms with Gasteiger partial charge in [-0.05, 0) is 19.3 Å². The summed E-state index contributed by atoms with van der Waals surface area (Å²) in [6.45, 7) is 1.76. The zero-order valence-electron chi connectivity index (χ0n) is 10.3. The standard InChI is InChI=1S/C13H16N2O3/c1-2-13(5-3-4-6-13)12(17)18-10-7-14-11(9-16)15-8-10/h3-4,7-8,16H,2,5-6,9H2,1H3. The van der Waals surface area contributed by atoms with Gasteiger partial charge in [0.15, 0.2) is 11.6 Å². The lowest BCUT2D eigenvalue weighted by atomic mass is 9.83. The van der Waals surface area contributed by atoms with E-state index < -0.39 is 5.41 Å². The van der Waals surface area contributed by atoms with Gasteiger partial charge in [-0.15, -0.1) is 0 Å². The lowest BCUT2D eigenvalue weighted by Gasteiger charge is -2.24. The average Bonchev–Trinajstić information content (AvgIpc) is 2.89. The molecule has 0 amide bonds. The summed E-state index contributed by atoms with van der Waals surface area (Å²) in [4.78, 5) is 19.9. The lowest BCUT2D eigenvalue weighted by molar-refractivity contribution is -0.145. The van der Waals surface area contributed by atoms with E-state index in [4.69, 9.17) is 9.84 Å². The van der Waals surface area contributed by atoms with Crippen molar-refractivity contribution in [1.82, 2.24) is 9.97 Å². The van der Waals surface area contributed by atoms with Crippen molar-refractivity contribution in [3.63, 3.8) is 0 Å². The quantitative estimate of drug-likeness (QED) is 0.647. The third-order valence-electron chi connectivity index (χ3n) is 3.33. The zero-order chi connectivity index (χ0) is 13.0. The Morgan fingerprint density at radius 1 is 1.39 bits per heavy atom. The molecule has 1 N–H and O–H groups in total. The second-order valence-corrected chi connectivity index (χ2v) is 4.40. The van der Waals surface area contributed by atoms with E-state index in [1.54, 1.807) is 0 Å². The third kappa shape index (κ3) is 2.41. The van der Waals surface area contributed by atoms with Crippen LogP contribution in [0.5, 0.6) is 5.75 Å². The Hall–Kier alpha value is -1.75. The molecule has 0 aromatic carbocycles. The van der Waals surface area contributed by atoms with E-state index in [0.717, 1.165) is 19.3 Å². The fraction of sp³-hybridized carbons (Fsp3) is 0.462. The number of aliphatic hydroxyl groups excluding tert-OH is 1. The van der Waals surface area contributed by atoms with Crippen LogP contribution in [0, 0.1) is 5.41 Å². The molecule has 1 aromatic heterocycles. The number of allylic oxidation sites excluding steroid dienone is 2. The first-order valence-corrected chi connectivity index (χ1v) is 5.99. The van der Waals surface area contributed by atoms with Gasteiger partial charge in [-0.3, -0.25) is 4.79 Å². The van der Waals surface area contributed by atoms with Gasteiger partial charge in [0.05, 0.1) is 17.8 Å². The number of nitrogens with zero attached hydrogens (tertiary/aromatic N) is 2. The summed E-state index contributed by atoms with van der Waals surface area (Å²) in [5.74, 6) is 0.384. The van der Waals surface area contributed by atoms with Crippen molar-refractivity contribution in [2.45, 2.75) is 32.8 Å². The van der Waals surface area contributed by atoms with Crippen LogP contribution in [0.15, 0.2) is 24.5 Å². The van der Waals surface area contributed by atoms with Crippen LogP contribution in [0.4, 0.5) is 0 Å². The fourth-order valence-corrected chi connectivity index (χ4v) is 1.99. The maximum Gasteiger partial charge on any atom is 0.318 e. The van der Waals surface area contributed by atoms with Crippen molar-refractivity contribution in [2.24, 2.45) is 5.41 Å². The second-order valence-electron chi connectivity index (χ2n) is 4.40. The van der Waals surface area contributed by atoms with Gasteiger partial charge in [0.2, 0.25) is 0 Å². The molecule has 1 heterocycles. The van der Waals surface area contributed by atoms with E-state index in [1.165, 1.54) is 12.4 Å². The minimum absolute atomic E-state index is 0.225. The van der Waals surface area contributed by atoms with Gasteiger partial charge in [0.1, 0.15) is 6.61 Å². The molecule has 0 radical (unpaired) electrons. The van der Waals surface area contributed by atoms with Crippen LogP contribution < -0.4 is 4.74 Å². The molecular formula is C13H16N2O3. The van der Waals surface area contributed by atoms with Crippen LogP contribution in [0.25, 0.3) is 0 Å². The number of carbonyl (C=O) groups is 1. The smallest absolute Gasteiger partial charge is 0.318 e. The maximum absolute atomic E-state index is 12.2. The lowest BCUT2D eigenvalue weighted by Crippen LogP contribution is -2.32. The highest BCUT2D eigenvalue weighted by Crippen LogP contribution is 2.37. The summed E-state index contributed by atoms with van der Waals surface area (Å²) in [7, 11) is 0. The molecule has 2 rings (SSSR count). The summed E-state index contributed by atoms with van der Waals surface area (Å²) in [6, 6.07) is 0. The molecule has 0 spiro atoms. The molecule has 0 bridgehead atoms. The topological polar surface area (TPSA) is 72.3 Å². The van der Waals surface area contributed by atoms with Gasteiger partial charge >= 0.3 is 5.97 Å². The number of hydrogen-bond acceptors (Lipinski definition) is 5. The van der Waals surface area contributed by atoms with Gasteiger partial charge in [-0.2, -0.15) is 0 Å². The summed E-state index contributed by atoms with van der Waals surface area (Å²) in [6.07, 6.45) is 9.01. The van der Waals surface area contributed by atoms with Gasteiger partial charge < -0.3 is 9.84 Å². The number of aromatic nitrogens is 2. The first kappa shape index (κ1) is 12.7. The summed E-state index contributed by atoms with van der Waals surface area (Å²) in [5, 5.41) is 8.82. The Balaban J connectivity index is 2.06. The van der Waals surface area contributed by atoms with Crippen LogP contribution in [0.2, 0.25) is 0 Å². The van der Waals surface area contributed by atoms with Crippen molar-refractivity contribution in [1.29, 1.82) is 0 Å². The Bertz CT molecular complexity index is 446. The van der Waals surface area contributed by atoms with Crippen LogP contribution in [0.3, 0.4) is 0 Å². The van der Waals surface area contributed by atoms with Crippen LogP contribution in [-0.4, -0.2) is 21.0 Å². The third-order valence-corrected chi connectivity index (χ3v) is 3.33. The molecular weight excluding hydrogens is 232 g/mol. The van der Waals surface area contributed by atoms with E-state index >= 15 is 0 Å². The Morgan fingerprint density at radius 3 is 2.50 bits per heavy atom. The largest absolute Gasteiger partial charge is 0.423 e. The summed E-state index contributed by atoms with van der Waals surface area (Å²) >= 11 is 0. The minimum atomic E-state index is -0.435. The van der Waals surface area contributed by atoms with Crippen LogP contribution >= 0.6 is 0 Å². The second kappa shape index (κ2) is 5.27. The van der Waals surface area contributed by atoms with Gasteiger partial charge in [-0.1, -0.05) is 19.1 Å². The molecule has 0 fully saturated rings. The van der Waals surface area contributed by atoms with Crippen LogP contribution in [0.1, 0.15) is 32.0 Å². The van der Waals surface area contributed by atoms with Crippen molar-refractivity contribution >= 4 is 5.97 Å². The maximum atomic E-state index is 12.2. The molecule has 0 saturated carbocycles. The molecule has 0 atom stereocenters. The fourth-order valence-electron chi connectivity index (χ4n) is 1.99. The summed E-state index contributed by atoms with van der Waals surface area (Å²) < 4.78 is 5.31. The van der Waals surface area contributed by atoms with Crippen molar-refractivity contribution in [2.75, 3.05) is 0 Å². The van der Waals surface area contributed by atoms with E-state index in [1.807, 2.05) is 19.1 Å². The Kier molecular flexibility index (Phi) is 3.72. The van der Waals surface area contributed by atoms with E-state index in [-0.39, 0.29) is 12.6 Å². The van der Waals surface area contributed by atoms with Gasteiger partial charge in [0.25, 0.3) is 0 Å². The SMILES string of the molecule is CCC1(C(=O)Oc2cnc(CO)nc2)CC=CC1. The Morgan fingerprint density at radius 2 is 2.00 bits per heavy atom. The number of rotatable bonds is 4. The minimum Gasteiger partial charge on any atom is -0.423 e. The molecule has 1 aromatic rings. The highest BCUT2D eigenvalue weighted by atomic mass is 16.5. The first-order chi connectivity index (χ1) is 8.70. The van der Waals surface area contributed by atoms with Crippen LogP contribution in [-0.2, 0) is 11.4 Å². The van der Waals surface area contributed by atoms with Crippen molar-refractivity contribution < 1.29 is 14.6 Å². The normalized spacial score (nSPS) is 16.8. The molecule has 1 aliphatic carbocycles. The summed E-state index contributed by atoms with van der Waals surface area (Å²) in [5.41, 5.74) is -0.435. The average molecular weight is 248 g/mol. The molecule has 1 aliphatic rings. The van der Waals surface area contributed by atoms with Gasteiger partial charge in [-0.25, -0.2) is 9.97 Å². The highest BCUT2D eigenvalue weighted by Gasteiger charge is 2.38. The number of esters is 1. The predicted molar refractivity (Wildman–Crippen MR) is 64.7 cm³/mol. The number of aliphatic hydroxyl groups is 1. The first-order valence-electron chi connectivity index (χ1n) is 5.99. The molecule has 0 saturated heterocycles. The van der Waals surface area contributed by atoms with Crippen molar-refractivity contribution in [3.05, 3.63) is 30.4 Å². The molecule has 0 unspecified atom stereocenters. The molecule has 18 heavy (non-hydrogen) atoms. The monoisotopic (exact) mass is 248 g/mol. The molecule has 96 valence electrons. The number of carbonyl (C=O) groups excluding carboxylic acids is 1. The predicted octanol–water partition coefficient (Wildman–Crippen LogP) is 1.62. The van der Waals surface area contributed by atoms with Gasteiger partial charge in [0, 0.05) is 0 Å². The number of ether oxygens (including phenoxy) is 1. The molecule has 5 nitrogen and oxygen atoms in total. The van der Waals surface area contributed by atoms with E-state index in [2.05, 4.69) is 9.97 Å². The number of hydrogen-bond donors (Lipinski definition) is 1. The Labute approximate surface area is 106 Å². The molecule has 5 heteroatoms. The molecule has 0 aliphatic heterocycles. The van der Waals surface area contributed by atoms with Crippen molar-refractivity contribution in [3.8, 4) is 5.75 Å². The van der Waals surface area contributed by atoms with E-state index in [9.17, 15) is 4.79 Å². The van der Waals surface area contributed by atoms with E-state index in [0.29, 0.717) is 11.6 Å². The zero-order valence-corrected chi connectivity index (χ0v) is 10.3. The highest BCUT2D eigenvalue weighted by molar-refractivity contribution is 5.80.